The molecule has 92 valence electrons. The maximum Gasteiger partial charge on any atom is 0.0537 e. The van der Waals surface area contributed by atoms with Crippen molar-refractivity contribution in [2.24, 2.45) is 7.05 Å². The molecule has 0 fully saturated rings. The van der Waals surface area contributed by atoms with Crippen LogP contribution in [0.5, 0.6) is 0 Å². The number of aryl methyl sites for hydroxylation is 1. The monoisotopic (exact) mass is 249 g/mol. The number of nitrogens with one attached hydrogen (secondary N) is 1. The molecule has 3 nitrogen and oxygen atoms in total. The summed E-state index contributed by atoms with van der Waals surface area (Å²) in [6.07, 6.45) is 3.04. The molecule has 2 heterocycles. The highest BCUT2D eigenvalue weighted by molar-refractivity contribution is 7.09. The van der Waals surface area contributed by atoms with E-state index in [1.54, 1.807) is 0 Å². The topological polar surface area (TPSA) is 29.9 Å². The molecule has 0 amide bonds. The lowest BCUT2D eigenvalue weighted by atomic mass is 10.2. The van der Waals surface area contributed by atoms with E-state index in [1.807, 2.05) is 29.3 Å². The van der Waals surface area contributed by atoms with E-state index in [0.717, 1.165) is 13.0 Å². The van der Waals surface area contributed by atoms with Gasteiger partial charge in [0.05, 0.1) is 6.20 Å². The average molecular weight is 249 g/mol. The minimum Gasteiger partial charge on any atom is -0.310 e. The number of hydrogen-bond donors (Lipinski definition) is 1. The lowest BCUT2D eigenvalue weighted by Crippen LogP contribution is -2.27. The molecule has 0 saturated carbocycles. The fraction of sp³-hybridized carbons (Fsp3) is 0.462. The third-order valence-corrected chi connectivity index (χ3v) is 3.96. The Labute approximate surface area is 106 Å². The summed E-state index contributed by atoms with van der Waals surface area (Å²) in [5.74, 6) is 0. The maximum absolute atomic E-state index is 4.25. The van der Waals surface area contributed by atoms with E-state index in [9.17, 15) is 0 Å². The molecular formula is C13H19N3S. The molecule has 0 aliphatic carbocycles. The second-order valence-corrected chi connectivity index (χ2v) is 5.48. The summed E-state index contributed by atoms with van der Waals surface area (Å²) in [7, 11) is 1.98. The lowest BCUT2D eigenvalue weighted by molar-refractivity contribution is 0.547. The van der Waals surface area contributed by atoms with Crippen molar-refractivity contribution in [3.05, 3.63) is 39.8 Å². The molecule has 0 aliphatic rings. The molecule has 0 spiro atoms. The van der Waals surface area contributed by atoms with Gasteiger partial charge in [-0.3, -0.25) is 4.68 Å². The molecule has 17 heavy (non-hydrogen) atoms. The van der Waals surface area contributed by atoms with Gasteiger partial charge in [0.25, 0.3) is 0 Å². The molecule has 2 aromatic rings. The zero-order valence-electron chi connectivity index (χ0n) is 10.6. The van der Waals surface area contributed by atoms with Crippen LogP contribution >= 0.6 is 11.3 Å². The van der Waals surface area contributed by atoms with Gasteiger partial charge >= 0.3 is 0 Å². The minimum atomic E-state index is 0.494. The second-order valence-electron chi connectivity index (χ2n) is 4.44. The van der Waals surface area contributed by atoms with Crippen LogP contribution in [0.15, 0.2) is 23.7 Å². The molecule has 1 unspecified atom stereocenters. The van der Waals surface area contributed by atoms with Gasteiger partial charge in [-0.25, -0.2) is 0 Å². The Balaban J connectivity index is 1.84. The maximum atomic E-state index is 4.25. The highest BCUT2D eigenvalue weighted by Gasteiger charge is 2.07. The van der Waals surface area contributed by atoms with Gasteiger partial charge in [-0.2, -0.15) is 5.10 Å². The Hall–Kier alpha value is -1.13. The van der Waals surface area contributed by atoms with Crippen molar-refractivity contribution in [1.29, 1.82) is 0 Å². The van der Waals surface area contributed by atoms with E-state index in [0.29, 0.717) is 6.04 Å². The molecule has 0 aliphatic heterocycles. The Morgan fingerprint density at radius 3 is 2.94 bits per heavy atom. The number of nitrogens with zero attached hydrogens (tertiary/aromatic N) is 2. The smallest absolute Gasteiger partial charge is 0.0537 e. The summed E-state index contributed by atoms with van der Waals surface area (Å²) < 4.78 is 1.92. The normalized spacial score (nSPS) is 12.9. The quantitative estimate of drug-likeness (QED) is 0.882. The molecule has 4 heteroatoms. The predicted octanol–water partition coefficient (Wildman–Crippen LogP) is 2.51. The van der Waals surface area contributed by atoms with Gasteiger partial charge in [-0.1, -0.05) is 6.07 Å². The van der Waals surface area contributed by atoms with E-state index in [-0.39, 0.29) is 0 Å². The van der Waals surface area contributed by atoms with Crippen molar-refractivity contribution in [3.8, 4) is 0 Å². The van der Waals surface area contributed by atoms with Crippen LogP contribution < -0.4 is 5.32 Å². The first-order valence-corrected chi connectivity index (χ1v) is 6.78. The number of thiophene rings is 1. The largest absolute Gasteiger partial charge is 0.310 e. The Morgan fingerprint density at radius 2 is 2.35 bits per heavy atom. The number of aromatic nitrogens is 2. The van der Waals surface area contributed by atoms with Crippen LogP contribution in [-0.2, 0) is 20.0 Å². The van der Waals surface area contributed by atoms with Gasteiger partial charge in [0.15, 0.2) is 0 Å². The van der Waals surface area contributed by atoms with Gasteiger partial charge < -0.3 is 5.32 Å². The summed E-state index contributed by atoms with van der Waals surface area (Å²) in [6, 6.07) is 4.80. The Bertz CT molecular complexity index is 459. The van der Waals surface area contributed by atoms with Crippen LogP contribution in [0.3, 0.4) is 0 Å². The van der Waals surface area contributed by atoms with Crippen molar-refractivity contribution in [2.45, 2.75) is 32.9 Å². The van der Waals surface area contributed by atoms with Gasteiger partial charge in [0.2, 0.25) is 0 Å². The zero-order valence-corrected chi connectivity index (χ0v) is 11.4. The summed E-state index contributed by atoms with van der Waals surface area (Å²) in [5, 5.41) is 9.93. The van der Waals surface area contributed by atoms with Crippen LogP contribution in [0.25, 0.3) is 0 Å². The van der Waals surface area contributed by atoms with Crippen LogP contribution in [0.4, 0.5) is 0 Å². The van der Waals surface area contributed by atoms with E-state index in [1.165, 1.54) is 16.1 Å². The fourth-order valence-corrected chi connectivity index (χ4v) is 2.64. The standard InChI is InChI=1S/C13H19N3S/c1-10(7-13-5-4-6-17-13)14-8-12-9-15-16(3)11(12)2/h4-6,9-10,14H,7-8H2,1-3H3. The van der Waals surface area contributed by atoms with Crippen LogP contribution in [0.2, 0.25) is 0 Å². The molecule has 0 bridgehead atoms. The van der Waals surface area contributed by atoms with Crippen LogP contribution in [0.1, 0.15) is 23.1 Å². The van der Waals surface area contributed by atoms with Crippen molar-refractivity contribution in [3.63, 3.8) is 0 Å². The van der Waals surface area contributed by atoms with Gasteiger partial charge in [0, 0.05) is 35.8 Å². The van der Waals surface area contributed by atoms with Crippen molar-refractivity contribution < 1.29 is 0 Å². The molecule has 0 radical (unpaired) electrons. The number of hydrogen-bond acceptors (Lipinski definition) is 3. The summed E-state index contributed by atoms with van der Waals surface area (Å²) in [4.78, 5) is 1.44. The molecule has 0 saturated heterocycles. The first-order valence-electron chi connectivity index (χ1n) is 5.90. The summed E-state index contributed by atoms with van der Waals surface area (Å²) >= 11 is 1.82. The molecule has 1 N–H and O–H groups in total. The second kappa shape index (κ2) is 5.47. The molecule has 2 rings (SSSR count). The van der Waals surface area contributed by atoms with Crippen LogP contribution in [0, 0.1) is 6.92 Å². The van der Waals surface area contributed by atoms with Crippen molar-refractivity contribution in [2.75, 3.05) is 0 Å². The average Bonchev–Trinajstić information content (AvgIpc) is 2.90. The molecule has 0 aromatic carbocycles. The van der Waals surface area contributed by atoms with E-state index >= 15 is 0 Å². The predicted molar refractivity (Wildman–Crippen MR) is 72.3 cm³/mol. The van der Waals surface area contributed by atoms with E-state index < -0.39 is 0 Å². The Kier molecular flexibility index (Phi) is 3.97. The highest BCUT2D eigenvalue weighted by atomic mass is 32.1. The fourth-order valence-electron chi connectivity index (χ4n) is 1.80. The Morgan fingerprint density at radius 1 is 1.53 bits per heavy atom. The van der Waals surface area contributed by atoms with Gasteiger partial charge in [-0.15, -0.1) is 11.3 Å². The summed E-state index contributed by atoms with van der Waals surface area (Å²) in [5.41, 5.74) is 2.52. The van der Waals surface area contributed by atoms with E-state index in [4.69, 9.17) is 0 Å². The number of rotatable bonds is 5. The van der Waals surface area contributed by atoms with Crippen molar-refractivity contribution >= 4 is 11.3 Å². The van der Waals surface area contributed by atoms with E-state index in [2.05, 4.69) is 41.8 Å². The molecular weight excluding hydrogens is 230 g/mol. The SMILES string of the molecule is Cc1c(CNC(C)Cc2cccs2)cnn1C. The van der Waals surface area contributed by atoms with Gasteiger partial charge in [-0.05, 0) is 31.7 Å². The molecule has 1 atom stereocenters. The zero-order chi connectivity index (χ0) is 12.3. The minimum absolute atomic E-state index is 0.494. The first-order chi connectivity index (χ1) is 8.16. The lowest BCUT2D eigenvalue weighted by Gasteiger charge is -2.12. The molecule has 2 aromatic heterocycles. The highest BCUT2D eigenvalue weighted by Crippen LogP contribution is 2.11. The van der Waals surface area contributed by atoms with Crippen LogP contribution in [-0.4, -0.2) is 15.8 Å². The van der Waals surface area contributed by atoms with Gasteiger partial charge in [0.1, 0.15) is 0 Å². The summed E-state index contributed by atoms with van der Waals surface area (Å²) in [6.45, 7) is 5.23. The third-order valence-electron chi connectivity index (χ3n) is 3.07. The third kappa shape index (κ3) is 3.17. The van der Waals surface area contributed by atoms with Crippen molar-refractivity contribution in [1.82, 2.24) is 15.1 Å². The first kappa shape index (κ1) is 12.3.